The lowest BCUT2D eigenvalue weighted by molar-refractivity contribution is 0.0949. The van der Waals surface area contributed by atoms with Crippen LogP contribution in [0.1, 0.15) is 10.5 Å². The highest BCUT2D eigenvalue weighted by molar-refractivity contribution is 6.29. The summed E-state index contributed by atoms with van der Waals surface area (Å²) in [5.74, 6) is -0.297. The van der Waals surface area contributed by atoms with Crippen LogP contribution in [0.15, 0.2) is 12.1 Å². The Kier molecular flexibility index (Phi) is 6.11. The molecule has 1 amide bonds. The van der Waals surface area contributed by atoms with E-state index in [0.29, 0.717) is 13.1 Å². The molecule has 0 aliphatic rings. The number of amides is 1. The Morgan fingerprint density at radius 2 is 2.21 bits per heavy atom. The lowest BCUT2D eigenvalue weighted by atomic mass is 10.3. The third-order valence-electron chi connectivity index (χ3n) is 1.29. The summed E-state index contributed by atoms with van der Waals surface area (Å²) in [5.41, 5.74) is 5.44. The van der Waals surface area contributed by atoms with Crippen LogP contribution in [0.25, 0.3) is 0 Å². The number of halogens is 2. The van der Waals surface area contributed by atoms with Crippen LogP contribution in [-0.4, -0.2) is 29.2 Å². The van der Waals surface area contributed by atoms with Gasteiger partial charge in [0.05, 0.1) is 0 Å². The third kappa shape index (κ3) is 3.87. The molecule has 0 radical (unpaired) electrons. The molecule has 0 aliphatic carbocycles. The maximum absolute atomic E-state index is 11.2. The van der Waals surface area contributed by atoms with E-state index < -0.39 is 0 Å². The highest BCUT2D eigenvalue weighted by Gasteiger charge is 2.05. The number of hydrogen-bond donors (Lipinski definition) is 2. The van der Waals surface area contributed by atoms with Crippen molar-refractivity contribution in [1.82, 2.24) is 15.5 Å². The van der Waals surface area contributed by atoms with Gasteiger partial charge in [-0.3, -0.25) is 4.79 Å². The lowest BCUT2D eigenvalue weighted by Crippen LogP contribution is -2.29. The van der Waals surface area contributed by atoms with Gasteiger partial charge >= 0.3 is 0 Å². The Morgan fingerprint density at radius 3 is 2.71 bits per heavy atom. The van der Waals surface area contributed by atoms with Gasteiger partial charge in [-0.25, -0.2) is 0 Å². The number of carbonyl (C=O) groups excluding carboxylic acids is 1. The first-order valence-corrected chi connectivity index (χ1v) is 4.09. The molecule has 0 bridgehead atoms. The summed E-state index contributed by atoms with van der Waals surface area (Å²) in [6.45, 7) is 0.815. The molecule has 7 heteroatoms. The molecule has 0 aliphatic heterocycles. The van der Waals surface area contributed by atoms with Gasteiger partial charge in [-0.05, 0) is 12.1 Å². The predicted molar refractivity (Wildman–Crippen MR) is 55.7 cm³/mol. The van der Waals surface area contributed by atoms with Crippen LogP contribution in [-0.2, 0) is 0 Å². The van der Waals surface area contributed by atoms with Gasteiger partial charge in [0.25, 0.3) is 5.91 Å². The molecule has 0 aromatic carbocycles. The molecule has 0 saturated heterocycles. The lowest BCUT2D eigenvalue weighted by Gasteiger charge is -2.00. The Bertz CT molecular complexity index is 290. The minimum absolute atomic E-state index is 0. The quantitative estimate of drug-likeness (QED) is 0.789. The molecule has 0 unspecified atom stereocenters. The average Bonchev–Trinajstić information content (AvgIpc) is 2.15. The van der Waals surface area contributed by atoms with Crippen molar-refractivity contribution in [2.45, 2.75) is 0 Å². The normalized spacial score (nSPS) is 9.00. The van der Waals surface area contributed by atoms with Crippen LogP contribution in [0, 0.1) is 0 Å². The first-order valence-electron chi connectivity index (χ1n) is 3.71. The van der Waals surface area contributed by atoms with E-state index in [0.717, 1.165) is 0 Å². The van der Waals surface area contributed by atoms with Crippen LogP contribution >= 0.6 is 24.0 Å². The molecule has 1 rings (SSSR count). The molecule has 3 N–H and O–H groups in total. The van der Waals surface area contributed by atoms with E-state index in [4.69, 9.17) is 17.3 Å². The molecule has 1 heterocycles. The molecule has 0 spiro atoms. The van der Waals surface area contributed by atoms with E-state index in [1.807, 2.05) is 0 Å². The smallest absolute Gasteiger partial charge is 0.271 e. The summed E-state index contributed by atoms with van der Waals surface area (Å²) >= 11 is 5.50. The van der Waals surface area contributed by atoms with Gasteiger partial charge in [0.2, 0.25) is 0 Å². The molecule has 0 atom stereocenters. The number of nitrogens with zero attached hydrogens (tertiary/aromatic N) is 2. The molecule has 78 valence electrons. The first-order chi connectivity index (χ1) is 6.24. The third-order valence-corrected chi connectivity index (χ3v) is 1.50. The summed E-state index contributed by atoms with van der Waals surface area (Å²) < 4.78 is 0. The largest absolute Gasteiger partial charge is 0.349 e. The maximum Gasteiger partial charge on any atom is 0.271 e. The number of carbonyl (C=O) groups is 1. The Labute approximate surface area is 92.4 Å². The summed E-state index contributed by atoms with van der Waals surface area (Å²) in [5, 5.41) is 9.95. The monoisotopic (exact) mass is 236 g/mol. The zero-order valence-electron chi connectivity index (χ0n) is 7.24. The second-order valence-electron chi connectivity index (χ2n) is 2.29. The van der Waals surface area contributed by atoms with Crippen molar-refractivity contribution in [1.29, 1.82) is 0 Å². The van der Waals surface area contributed by atoms with Crippen molar-refractivity contribution < 1.29 is 4.79 Å². The Morgan fingerprint density at radius 1 is 1.50 bits per heavy atom. The number of nitrogens with one attached hydrogen (secondary N) is 1. The van der Waals surface area contributed by atoms with Gasteiger partial charge in [-0.15, -0.1) is 22.6 Å². The highest BCUT2D eigenvalue weighted by Crippen LogP contribution is 2.01. The maximum atomic E-state index is 11.2. The SMILES string of the molecule is Cl.NCCNC(=O)c1ccc(Cl)nn1. The van der Waals surface area contributed by atoms with Crippen LogP contribution < -0.4 is 11.1 Å². The fourth-order valence-corrected chi connectivity index (χ4v) is 0.814. The number of hydrogen-bond acceptors (Lipinski definition) is 4. The van der Waals surface area contributed by atoms with Crippen molar-refractivity contribution in [3.8, 4) is 0 Å². The number of nitrogens with two attached hydrogens (primary N) is 1. The minimum atomic E-state index is -0.297. The second-order valence-corrected chi connectivity index (χ2v) is 2.67. The molecule has 14 heavy (non-hydrogen) atoms. The molecule has 5 nitrogen and oxygen atoms in total. The topological polar surface area (TPSA) is 80.9 Å². The van der Waals surface area contributed by atoms with E-state index in [2.05, 4.69) is 15.5 Å². The van der Waals surface area contributed by atoms with Gasteiger partial charge in [0.1, 0.15) is 0 Å². The van der Waals surface area contributed by atoms with Crippen molar-refractivity contribution in [2.24, 2.45) is 5.73 Å². The van der Waals surface area contributed by atoms with E-state index in [-0.39, 0.29) is 29.2 Å². The molecular weight excluding hydrogens is 227 g/mol. The molecular formula is C7H10Cl2N4O. The van der Waals surface area contributed by atoms with Gasteiger partial charge in [-0.2, -0.15) is 0 Å². The van der Waals surface area contributed by atoms with Gasteiger partial charge in [0.15, 0.2) is 10.8 Å². The number of rotatable bonds is 3. The van der Waals surface area contributed by atoms with E-state index >= 15 is 0 Å². The zero-order valence-corrected chi connectivity index (χ0v) is 8.81. The highest BCUT2D eigenvalue weighted by atomic mass is 35.5. The van der Waals surface area contributed by atoms with Gasteiger partial charge < -0.3 is 11.1 Å². The predicted octanol–water partition coefficient (Wildman–Crippen LogP) is 0.240. The van der Waals surface area contributed by atoms with Gasteiger partial charge in [-0.1, -0.05) is 11.6 Å². The molecule has 0 fully saturated rings. The summed E-state index contributed by atoms with van der Waals surface area (Å²) in [6.07, 6.45) is 0. The second kappa shape index (κ2) is 6.53. The van der Waals surface area contributed by atoms with E-state index in [1.165, 1.54) is 12.1 Å². The summed E-state index contributed by atoms with van der Waals surface area (Å²) in [7, 11) is 0. The Hall–Kier alpha value is -0.910. The zero-order chi connectivity index (χ0) is 9.68. The minimum Gasteiger partial charge on any atom is -0.349 e. The standard InChI is InChI=1S/C7H9ClN4O.ClH/c8-6-2-1-5(11-12-6)7(13)10-4-3-9;/h1-2H,3-4,9H2,(H,10,13);1H. The van der Waals surface area contributed by atoms with Crippen molar-refractivity contribution in [2.75, 3.05) is 13.1 Å². The van der Waals surface area contributed by atoms with E-state index in [9.17, 15) is 4.79 Å². The van der Waals surface area contributed by atoms with Crippen molar-refractivity contribution >= 4 is 29.9 Å². The Balaban J connectivity index is 0.00000169. The van der Waals surface area contributed by atoms with Crippen molar-refractivity contribution in [3.05, 3.63) is 23.0 Å². The van der Waals surface area contributed by atoms with Crippen LogP contribution in [0.3, 0.4) is 0 Å². The molecule has 0 saturated carbocycles. The first kappa shape index (κ1) is 13.1. The van der Waals surface area contributed by atoms with Crippen molar-refractivity contribution in [3.63, 3.8) is 0 Å². The van der Waals surface area contributed by atoms with E-state index in [1.54, 1.807) is 0 Å². The van der Waals surface area contributed by atoms with Crippen LogP contribution in [0.5, 0.6) is 0 Å². The fraction of sp³-hybridized carbons (Fsp3) is 0.286. The van der Waals surface area contributed by atoms with Crippen LogP contribution in [0.4, 0.5) is 0 Å². The average molecular weight is 237 g/mol. The fourth-order valence-electron chi connectivity index (χ4n) is 0.713. The molecule has 1 aromatic heterocycles. The number of aromatic nitrogens is 2. The van der Waals surface area contributed by atoms with Gasteiger partial charge in [0, 0.05) is 13.1 Å². The van der Waals surface area contributed by atoms with Crippen LogP contribution in [0.2, 0.25) is 5.15 Å². The summed E-state index contributed by atoms with van der Waals surface area (Å²) in [6, 6.07) is 3.01. The summed E-state index contributed by atoms with van der Waals surface area (Å²) in [4.78, 5) is 11.2. The molecule has 1 aromatic rings.